The van der Waals surface area contributed by atoms with E-state index in [-0.39, 0.29) is 0 Å². The molecular formula is C13H21NOS. The molecule has 90 valence electrons. The lowest BCUT2D eigenvalue weighted by Gasteiger charge is -2.02. The highest BCUT2D eigenvalue weighted by atomic mass is 32.2. The number of aryl methyl sites for hydroxylation is 1. The predicted molar refractivity (Wildman–Crippen MR) is 69.8 cm³/mol. The van der Waals surface area contributed by atoms with E-state index in [1.807, 2.05) is 0 Å². The van der Waals surface area contributed by atoms with Crippen LogP contribution >= 0.6 is 11.8 Å². The van der Waals surface area contributed by atoms with Crippen LogP contribution in [0.3, 0.4) is 0 Å². The molecule has 0 unspecified atom stereocenters. The maximum atomic E-state index is 5.62. The Balaban J connectivity index is 1.49. The quantitative estimate of drug-likeness (QED) is 0.706. The smallest absolute Gasteiger partial charge is 0.117 e. The van der Waals surface area contributed by atoms with Gasteiger partial charge < -0.3 is 9.73 Å². The Morgan fingerprint density at radius 3 is 2.88 bits per heavy atom. The van der Waals surface area contributed by atoms with Crippen molar-refractivity contribution < 1.29 is 4.42 Å². The van der Waals surface area contributed by atoms with Crippen molar-refractivity contribution in [1.82, 2.24) is 5.32 Å². The summed E-state index contributed by atoms with van der Waals surface area (Å²) in [6, 6.07) is 4.14. The van der Waals surface area contributed by atoms with Gasteiger partial charge in [-0.3, -0.25) is 0 Å². The summed E-state index contributed by atoms with van der Waals surface area (Å²) in [5.41, 5.74) is 0. The van der Waals surface area contributed by atoms with Crippen LogP contribution in [0, 0.1) is 5.92 Å². The second-order valence-electron chi connectivity index (χ2n) is 4.42. The lowest BCUT2D eigenvalue weighted by molar-refractivity contribution is 0.454. The first-order valence-electron chi connectivity index (χ1n) is 6.24. The van der Waals surface area contributed by atoms with Gasteiger partial charge in [-0.2, -0.15) is 11.8 Å². The second kappa shape index (κ2) is 6.36. The maximum Gasteiger partial charge on any atom is 0.117 e. The lowest BCUT2D eigenvalue weighted by atomic mass is 10.3. The van der Waals surface area contributed by atoms with Crippen LogP contribution in [0.2, 0.25) is 0 Å². The molecule has 1 aliphatic carbocycles. The fraction of sp³-hybridized carbons (Fsp3) is 0.692. The zero-order valence-electron chi connectivity index (χ0n) is 10.00. The molecular weight excluding hydrogens is 218 g/mol. The van der Waals surface area contributed by atoms with Gasteiger partial charge in [-0.25, -0.2) is 0 Å². The van der Waals surface area contributed by atoms with E-state index < -0.39 is 0 Å². The van der Waals surface area contributed by atoms with Gasteiger partial charge in [0.15, 0.2) is 0 Å². The molecule has 1 N–H and O–H groups in total. The highest BCUT2D eigenvalue weighted by Gasteiger charge is 2.20. The van der Waals surface area contributed by atoms with E-state index in [0.717, 1.165) is 36.9 Å². The second-order valence-corrected chi connectivity index (χ2v) is 5.57. The summed E-state index contributed by atoms with van der Waals surface area (Å²) in [7, 11) is 0. The monoisotopic (exact) mass is 239 g/mol. The molecule has 1 aromatic heterocycles. The molecule has 1 heterocycles. The Morgan fingerprint density at radius 1 is 1.38 bits per heavy atom. The molecule has 0 atom stereocenters. The van der Waals surface area contributed by atoms with Crippen molar-refractivity contribution in [3.63, 3.8) is 0 Å². The van der Waals surface area contributed by atoms with Crippen LogP contribution in [0.4, 0.5) is 0 Å². The molecule has 1 saturated carbocycles. The summed E-state index contributed by atoms with van der Waals surface area (Å²) in [5, 5.41) is 3.42. The van der Waals surface area contributed by atoms with Gasteiger partial charge in [-0.15, -0.1) is 0 Å². The van der Waals surface area contributed by atoms with Gasteiger partial charge in [0.1, 0.15) is 11.5 Å². The molecule has 1 aliphatic rings. The van der Waals surface area contributed by atoms with Crippen molar-refractivity contribution in [3.8, 4) is 0 Å². The van der Waals surface area contributed by atoms with Crippen LogP contribution in [0.5, 0.6) is 0 Å². The molecule has 2 rings (SSSR count). The fourth-order valence-electron chi connectivity index (χ4n) is 1.60. The largest absolute Gasteiger partial charge is 0.465 e. The molecule has 0 amide bonds. The minimum absolute atomic E-state index is 0.865. The van der Waals surface area contributed by atoms with Crippen LogP contribution in [0.25, 0.3) is 0 Å². The Morgan fingerprint density at radius 2 is 2.19 bits per heavy atom. The number of furan rings is 1. The molecule has 0 saturated heterocycles. The summed E-state index contributed by atoms with van der Waals surface area (Å²) in [5.74, 6) is 5.77. The van der Waals surface area contributed by atoms with Gasteiger partial charge in [0.2, 0.25) is 0 Å². The third kappa shape index (κ3) is 4.22. The number of hydrogen-bond acceptors (Lipinski definition) is 3. The van der Waals surface area contributed by atoms with Crippen molar-refractivity contribution >= 4 is 11.8 Å². The molecule has 0 radical (unpaired) electrons. The Bertz CT molecular complexity index is 307. The van der Waals surface area contributed by atoms with Crippen molar-refractivity contribution in [1.29, 1.82) is 0 Å². The fourth-order valence-corrected chi connectivity index (χ4v) is 2.72. The van der Waals surface area contributed by atoms with Gasteiger partial charge in [0.05, 0.1) is 6.54 Å². The number of hydrogen-bond donors (Lipinski definition) is 1. The molecule has 1 aromatic rings. The van der Waals surface area contributed by atoms with E-state index in [9.17, 15) is 0 Å². The normalized spacial score (nSPS) is 15.6. The van der Waals surface area contributed by atoms with Crippen molar-refractivity contribution in [3.05, 3.63) is 23.7 Å². The summed E-state index contributed by atoms with van der Waals surface area (Å²) < 4.78 is 5.62. The molecule has 16 heavy (non-hydrogen) atoms. The standard InChI is InChI=1S/C13H21NOS/c1-2-12-5-6-13(15-12)9-14-7-8-16-10-11-3-4-11/h5-6,11,14H,2-4,7-10H2,1H3. The minimum Gasteiger partial charge on any atom is -0.465 e. The molecule has 3 heteroatoms. The maximum absolute atomic E-state index is 5.62. The van der Waals surface area contributed by atoms with Crippen LogP contribution in [-0.4, -0.2) is 18.1 Å². The third-order valence-electron chi connectivity index (χ3n) is 2.84. The SMILES string of the molecule is CCc1ccc(CNCCSCC2CC2)o1. The van der Waals surface area contributed by atoms with Crippen LogP contribution < -0.4 is 5.32 Å². The van der Waals surface area contributed by atoms with Crippen molar-refractivity contribution in [2.45, 2.75) is 32.7 Å². The van der Waals surface area contributed by atoms with E-state index in [2.05, 4.69) is 36.1 Å². The summed E-state index contributed by atoms with van der Waals surface area (Å²) >= 11 is 2.08. The highest BCUT2D eigenvalue weighted by molar-refractivity contribution is 7.99. The average molecular weight is 239 g/mol. The van der Waals surface area contributed by atoms with Crippen molar-refractivity contribution in [2.75, 3.05) is 18.1 Å². The molecule has 0 bridgehead atoms. The van der Waals surface area contributed by atoms with Crippen LogP contribution in [0.1, 0.15) is 31.3 Å². The van der Waals surface area contributed by atoms with Crippen molar-refractivity contribution in [2.24, 2.45) is 5.92 Å². The van der Waals surface area contributed by atoms with Gasteiger partial charge in [0.25, 0.3) is 0 Å². The first-order valence-corrected chi connectivity index (χ1v) is 7.40. The Labute approximate surface area is 102 Å². The van der Waals surface area contributed by atoms with Gasteiger partial charge in [-0.1, -0.05) is 6.92 Å². The summed E-state index contributed by atoms with van der Waals surface area (Å²) in [6.07, 6.45) is 3.91. The van der Waals surface area contributed by atoms with E-state index in [0.29, 0.717) is 0 Å². The number of nitrogens with one attached hydrogen (secondary N) is 1. The van der Waals surface area contributed by atoms with E-state index >= 15 is 0 Å². The Kier molecular flexibility index (Phi) is 4.79. The molecule has 0 aromatic carbocycles. The molecule has 0 aliphatic heterocycles. The lowest BCUT2D eigenvalue weighted by Crippen LogP contribution is -2.16. The number of thioether (sulfide) groups is 1. The molecule has 0 spiro atoms. The van der Waals surface area contributed by atoms with E-state index in [4.69, 9.17) is 4.42 Å². The summed E-state index contributed by atoms with van der Waals surface area (Å²) in [6.45, 7) is 4.06. The van der Waals surface area contributed by atoms with Crippen LogP contribution in [0.15, 0.2) is 16.5 Å². The summed E-state index contributed by atoms with van der Waals surface area (Å²) in [4.78, 5) is 0. The average Bonchev–Trinajstić information content (AvgIpc) is 3.01. The van der Waals surface area contributed by atoms with Crippen LogP contribution in [-0.2, 0) is 13.0 Å². The zero-order valence-corrected chi connectivity index (χ0v) is 10.8. The van der Waals surface area contributed by atoms with E-state index in [1.54, 1.807) is 0 Å². The third-order valence-corrected chi connectivity index (χ3v) is 4.04. The molecule has 1 fully saturated rings. The zero-order chi connectivity index (χ0) is 11.2. The van der Waals surface area contributed by atoms with Gasteiger partial charge >= 0.3 is 0 Å². The van der Waals surface area contributed by atoms with E-state index in [1.165, 1.54) is 24.3 Å². The first-order chi connectivity index (χ1) is 7.88. The highest BCUT2D eigenvalue weighted by Crippen LogP contribution is 2.32. The molecule has 2 nitrogen and oxygen atoms in total. The Hall–Kier alpha value is -0.410. The van der Waals surface area contributed by atoms with Gasteiger partial charge in [0, 0.05) is 18.7 Å². The number of rotatable bonds is 8. The van der Waals surface area contributed by atoms with Gasteiger partial charge in [-0.05, 0) is 36.6 Å². The first kappa shape index (κ1) is 12.1. The topological polar surface area (TPSA) is 25.2 Å². The predicted octanol–water partition coefficient (Wildman–Crippen LogP) is 3.07. The minimum atomic E-state index is 0.865.